The number of carbonyl (C=O) groups excluding carboxylic acids is 2. The summed E-state index contributed by atoms with van der Waals surface area (Å²) in [7, 11) is -4.65. The molecule has 0 aliphatic heterocycles. The lowest BCUT2D eigenvalue weighted by molar-refractivity contribution is -0.153. The van der Waals surface area contributed by atoms with Crippen LogP contribution in [0.3, 0.4) is 0 Å². The van der Waals surface area contributed by atoms with Crippen LogP contribution >= 0.6 is 7.82 Å². The number of esters is 2. The minimum atomic E-state index is -4.65. The van der Waals surface area contributed by atoms with Gasteiger partial charge in [-0.1, -0.05) is 222 Å². The Kier molecular flexibility index (Phi) is 47.8. The van der Waals surface area contributed by atoms with Gasteiger partial charge in [-0.2, -0.15) is 0 Å². The van der Waals surface area contributed by atoms with E-state index in [2.05, 4.69) is 74.6 Å². The van der Waals surface area contributed by atoms with Crippen molar-refractivity contribution in [2.75, 3.05) is 26.4 Å². The zero-order chi connectivity index (χ0) is 47.6. The minimum Gasteiger partial charge on any atom is -0.457 e. The first kappa shape index (κ1) is 62.7. The smallest absolute Gasteiger partial charge is 0.457 e. The lowest BCUT2D eigenvalue weighted by Gasteiger charge is -2.20. The monoisotopic (exact) mass is 937 g/mol. The molecule has 3 N–H and O–H groups in total. The van der Waals surface area contributed by atoms with Gasteiger partial charge in [-0.3, -0.25) is 18.6 Å². The number of carbonyl (C=O) groups is 2. The molecule has 65 heavy (non-hydrogen) atoms. The van der Waals surface area contributed by atoms with E-state index in [0.29, 0.717) is 12.8 Å². The van der Waals surface area contributed by atoms with Crippen LogP contribution in [0.2, 0.25) is 0 Å². The van der Waals surface area contributed by atoms with Crippen LogP contribution in [0.4, 0.5) is 0 Å². The van der Waals surface area contributed by atoms with Crippen LogP contribution < -0.4 is 0 Å². The fraction of sp³-hybridized carbons (Fsp3) is 0.778. The number of aliphatic hydroxyl groups excluding tert-OH is 2. The first-order valence-corrected chi connectivity index (χ1v) is 27.7. The maximum absolute atomic E-state index is 12.4. The number of hydrogen-bond donors (Lipinski definition) is 3. The summed E-state index contributed by atoms with van der Waals surface area (Å²) < 4.78 is 32.7. The number of ether oxygens (including phenoxy) is 2. The summed E-state index contributed by atoms with van der Waals surface area (Å²) in [5.41, 5.74) is 0. The molecule has 0 aliphatic rings. The Hall–Kier alpha value is -2.33. The van der Waals surface area contributed by atoms with Gasteiger partial charge in [0.1, 0.15) is 12.2 Å². The molecule has 3 unspecified atom stereocenters. The molecule has 3 atom stereocenters. The molecule has 0 aromatic carbocycles. The third-order valence-electron chi connectivity index (χ3n) is 11.2. The number of hydrogen-bond acceptors (Lipinski definition) is 9. The normalized spacial score (nSPS) is 14.1. The van der Waals surface area contributed by atoms with Crippen LogP contribution in [0.5, 0.6) is 0 Å². The van der Waals surface area contributed by atoms with E-state index in [1.807, 2.05) is 0 Å². The van der Waals surface area contributed by atoms with Crippen molar-refractivity contribution in [3.8, 4) is 0 Å². The zero-order valence-electron chi connectivity index (χ0n) is 41.4. The highest BCUT2D eigenvalue weighted by Gasteiger charge is 2.27. The molecule has 0 saturated heterocycles. The van der Waals surface area contributed by atoms with Crippen LogP contribution in [0.1, 0.15) is 232 Å². The molecule has 10 nitrogen and oxygen atoms in total. The van der Waals surface area contributed by atoms with E-state index in [4.69, 9.17) is 18.5 Å². The summed E-state index contributed by atoms with van der Waals surface area (Å²) in [5, 5.41) is 19.3. The molecule has 0 saturated carbocycles. The van der Waals surface area contributed by atoms with E-state index in [1.165, 1.54) is 122 Å². The molecule has 0 heterocycles. The van der Waals surface area contributed by atoms with Gasteiger partial charge in [0.05, 0.1) is 26.4 Å². The summed E-state index contributed by atoms with van der Waals surface area (Å²) in [5.74, 6) is -1.05. The molecule has 0 spiro atoms. The first-order valence-electron chi connectivity index (χ1n) is 26.2. The first-order chi connectivity index (χ1) is 31.8. The lowest BCUT2D eigenvalue weighted by atomic mass is 10.0. The predicted molar refractivity (Wildman–Crippen MR) is 270 cm³/mol. The lowest BCUT2D eigenvalue weighted by Crippen LogP contribution is -2.28. The van der Waals surface area contributed by atoms with E-state index in [-0.39, 0.29) is 12.8 Å². The third kappa shape index (κ3) is 48.0. The van der Waals surface area contributed by atoms with Crippen molar-refractivity contribution < 1.29 is 47.8 Å². The molecular weight excluding hydrogens is 840 g/mol. The number of unbranched alkanes of at least 4 members (excludes halogenated alkanes) is 25. The standard InChI is InChI=1S/C54H97O10P/c1-3-5-7-9-11-13-15-17-19-21-23-24-25-26-28-30-32-34-36-38-40-42-44-46-54(58)64-52(48-56)50-62-65(59,60)61-49-51(47-55)63-53(57)45-43-41-39-37-35-33-31-29-27-22-20-18-16-14-12-10-8-6-4-2/h6,8,12,14,18,20,27,29,33,35,51-52,55-56H,3-5,7,9-11,13,15-17,19,21-26,28,30-32,34,36-50H2,1-2H3,(H,59,60)/b8-6-,14-12-,20-18-,29-27-,35-33-. The number of rotatable bonds is 49. The van der Waals surface area contributed by atoms with Crippen molar-refractivity contribution in [1.82, 2.24) is 0 Å². The average molecular weight is 937 g/mol. The van der Waals surface area contributed by atoms with Gasteiger partial charge in [0.15, 0.2) is 0 Å². The van der Waals surface area contributed by atoms with Crippen LogP contribution in [-0.2, 0) is 32.7 Å². The molecule has 0 radical (unpaired) electrons. The van der Waals surface area contributed by atoms with Gasteiger partial charge in [0, 0.05) is 12.8 Å². The molecule has 0 aromatic heterocycles. The summed E-state index contributed by atoms with van der Waals surface area (Å²) >= 11 is 0. The number of allylic oxidation sites excluding steroid dienone is 10. The fourth-order valence-corrected chi connectivity index (χ4v) is 8.05. The van der Waals surface area contributed by atoms with E-state index < -0.39 is 58.4 Å². The topological polar surface area (TPSA) is 149 Å². The Morgan fingerprint density at radius 3 is 1.05 bits per heavy atom. The second-order valence-corrected chi connectivity index (χ2v) is 18.9. The molecule has 0 fully saturated rings. The van der Waals surface area contributed by atoms with E-state index in [0.717, 1.165) is 70.6 Å². The van der Waals surface area contributed by atoms with E-state index in [1.54, 1.807) is 0 Å². The molecule has 0 rings (SSSR count). The SMILES string of the molecule is CC/C=C\C/C=C\C/C=C\C/C=C\C/C=C\CCCCCC(=O)OC(CO)COP(=O)(O)OCC(CO)OC(=O)CCCCCCCCCCCCCCCCCCCCCCCCC. The van der Waals surface area contributed by atoms with Crippen molar-refractivity contribution in [2.24, 2.45) is 0 Å². The van der Waals surface area contributed by atoms with Crippen LogP contribution in [0.15, 0.2) is 60.8 Å². The third-order valence-corrected chi connectivity index (χ3v) is 12.2. The maximum Gasteiger partial charge on any atom is 0.472 e. The van der Waals surface area contributed by atoms with Crippen LogP contribution in [-0.4, -0.2) is 65.7 Å². The molecule has 0 aromatic rings. The summed E-state index contributed by atoms with van der Waals surface area (Å²) in [4.78, 5) is 34.7. The molecule has 0 amide bonds. The van der Waals surface area contributed by atoms with Crippen LogP contribution in [0.25, 0.3) is 0 Å². The maximum atomic E-state index is 12.4. The predicted octanol–water partition coefficient (Wildman–Crippen LogP) is 15.0. The number of phosphoric ester groups is 1. The van der Waals surface area contributed by atoms with Crippen molar-refractivity contribution in [1.29, 1.82) is 0 Å². The van der Waals surface area contributed by atoms with Gasteiger partial charge < -0.3 is 24.6 Å². The summed E-state index contributed by atoms with van der Waals surface area (Å²) in [6.07, 6.45) is 57.7. The Labute approximate surface area is 397 Å². The van der Waals surface area contributed by atoms with Crippen molar-refractivity contribution in [3.05, 3.63) is 60.8 Å². The fourth-order valence-electron chi connectivity index (χ4n) is 7.26. The van der Waals surface area contributed by atoms with Gasteiger partial charge in [0.25, 0.3) is 0 Å². The van der Waals surface area contributed by atoms with E-state index >= 15 is 0 Å². The summed E-state index contributed by atoms with van der Waals surface area (Å²) in [6, 6.07) is 0. The average Bonchev–Trinajstić information content (AvgIpc) is 3.30. The quantitative estimate of drug-likeness (QED) is 0.0233. The highest BCUT2D eigenvalue weighted by atomic mass is 31.2. The van der Waals surface area contributed by atoms with Gasteiger partial charge >= 0.3 is 19.8 Å². The van der Waals surface area contributed by atoms with Crippen LogP contribution in [0, 0.1) is 0 Å². The summed E-state index contributed by atoms with van der Waals surface area (Å²) in [6.45, 7) is 2.09. The largest absolute Gasteiger partial charge is 0.472 e. The Morgan fingerprint density at radius 2 is 0.723 bits per heavy atom. The zero-order valence-corrected chi connectivity index (χ0v) is 42.3. The van der Waals surface area contributed by atoms with Crippen molar-refractivity contribution in [3.63, 3.8) is 0 Å². The van der Waals surface area contributed by atoms with Gasteiger partial charge in [0.2, 0.25) is 0 Å². The molecule has 378 valence electrons. The van der Waals surface area contributed by atoms with E-state index in [9.17, 15) is 29.3 Å². The van der Waals surface area contributed by atoms with Crippen molar-refractivity contribution >= 4 is 19.8 Å². The second kappa shape index (κ2) is 49.6. The van der Waals surface area contributed by atoms with Crippen molar-refractivity contribution in [2.45, 2.75) is 244 Å². The van der Waals surface area contributed by atoms with Gasteiger partial charge in [-0.05, 0) is 57.8 Å². The number of phosphoric acid groups is 1. The molecule has 11 heteroatoms. The molecular formula is C54H97O10P. The molecule has 0 bridgehead atoms. The second-order valence-electron chi connectivity index (χ2n) is 17.5. The Morgan fingerprint density at radius 1 is 0.431 bits per heavy atom. The minimum absolute atomic E-state index is 0.151. The Balaban J connectivity index is 3.85. The van der Waals surface area contributed by atoms with Gasteiger partial charge in [-0.25, -0.2) is 4.57 Å². The highest BCUT2D eigenvalue weighted by Crippen LogP contribution is 2.43. The highest BCUT2D eigenvalue weighted by molar-refractivity contribution is 7.47. The van der Waals surface area contributed by atoms with Gasteiger partial charge in [-0.15, -0.1) is 0 Å². The molecule has 0 aliphatic carbocycles. The number of aliphatic hydroxyl groups is 2. The Bertz CT molecular complexity index is 1260.